The van der Waals surface area contributed by atoms with E-state index in [0.29, 0.717) is 17.4 Å². The van der Waals surface area contributed by atoms with Crippen LogP contribution in [0.3, 0.4) is 0 Å². The van der Waals surface area contributed by atoms with Crippen molar-refractivity contribution in [3.8, 4) is 0 Å². The maximum Gasteiger partial charge on any atom is 0.306 e. The summed E-state index contributed by atoms with van der Waals surface area (Å²) in [5.74, 6) is -0.547. The van der Waals surface area contributed by atoms with Crippen LogP contribution >= 0.6 is 7.82 Å². The van der Waals surface area contributed by atoms with Crippen molar-refractivity contribution < 1.29 is 37.3 Å². The van der Waals surface area contributed by atoms with Gasteiger partial charge in [-0.2, -0.15) is 0 Å². The molecule has 0 aromatic carbocycles. The summed E-state index contributed by atoms with van der Waals surface area (Å²) in [7, 11) is 1.18. The molecule has 0 saturated heterocycles. The van der Waals surface area contributed by atoms with Crippen molar-refractivity contribution in [3.05, 3.63) is 60.8 Å². The van der Waals surface area contributed by atoms with Crippen LogP contribution in [-0.4, -0.2) is 69.4 Å². The molecule has 10 heteroatoms. The Morgan fingerprint density at radius 1 is 0.422 bits per heavy atom. The highest BCUT2D eigenvalue weighted by Crippen LogP contribution is 2.38. The molecule has 3 unspecified atom stereocenters. The Kier molecular flexibility index (Phi) is 61.0. The highest BCUT2D eigenvalue weighted by Gasteiger charge is 2.27. The van der Waals surface area contributed by atoms with Gasteiger partial charge in [-0.3, -0.25) is 14.2 Å². The average molecular weight is 1190 g/mol. The second-order valence-electron chi connectivity index (χ2n) is 25.4. The van der Waals surface area contributed by atoms with E-state index in [-0.39, 0.29) is 24.9 Å². The minimum absolute atomic E-state index is 0.0261. The van der Waals surface area contributed by atoms with Gasteiger partial charge in [-0.05, 0) is 76.7 Å². The van der Waals surface area contributed by atoms with Gasteiger partial charge in [0.15, 0.2) is 0 Å². The number of unbranched alkanes of at least 4 members (excludes halogenated alkanes) is 41. The van der Waals surface area contributed by atoms with Crippen molar-refractivity contribution in [2.45, 2.75) is 354 Å². The van der Waals surface area contributed by atoms with Gasteiger partial charge < -0.3 is 28.5 Å². The van der Waals surface area contributed by atoms with Crippen molar-refractivity contribution in [2.75, 3.05) is 40.9 Å². The molecular weight excluding hydrogens is 1050 g/mol. The molecule has 0 aliphatic carbocycles. The molecule has 0 heterocycles. The van der Waals surface area contributed by atoms with Gasteiger partial charge in [0.2, 0.25) is 5.91 Å². The normalized spacial score (nSPS) is 13.9. The number of hydrogen-bond donors (Lipinski definition) is 1. The zero-order valence-corrected chi connectivity index (χ0v) is 56.6. The summed E-state index contributed by atoms with van der Waals surface area (Å²) in [6.07, 6.45) is 80.5. The summed E-state index contributed by atoms with van der Waals surface area (Å²) in [5.41, 5.74) is 0. The first-order chi connectivity index (χ1) is 40.4. The molecule has 0 spiro atoms. The van der Waals surface area contributed by atoms with Crippen molar-refractivity contribution >= 4 is 19.7 Å². The third kappa shape index (κ3) is 64.0. The Balaban J connectivity index is 5.14. The fraction of sp³-hybridized carbons (Fsp3) is 0.836. The van der Waals surface area contributed by atoms with Crippen LogP contribution < -0.4 is 10.2 Å². The molecule has 0 rings (SSSR count). The molecular formula is C73H137N2O7P. The number of esters is 1. The molecule has 0 radical (unpaired) electrons. The highest BCUT2D eigenvalue weighted by molar-refractivity contribution is 7.45. The Morgan fingerprint density at radius 3 is 1.12 bits per heavy atom. The number of phosphoric ester groups is 1. The number of nitrogens with zero attached hydrogens (tertiary/aromatic N) is 1. The lowest BCUT2D eigenvalue weighted by Gasteiger charge is -2.30. The topological polar surface area (TPSA) is 114 Å². The van der Waals surface area contributed by atoms with Crippen molar-refractivity contribution in [3.63, 3.8) is 0 Å². The van der Waals surface area contributed by atoms with Crippen LogP contribution in [0.4, 0.5) is 0 Å². The van der Waals surface area contributed by atoms with Gasteiger partial charge >= 0.3 is 5.97 Å². The third-order valence-corrected chi connectivity index (χ3v) is 16.9. The predicted octanol–water partition coefficient (Wildman–Crippen LogP) is 21.9. The van der Waals surface area contributed by atoms with Crippen molar-refractivity contribution in [2.24, 2.45) is 0 Å². The maximum absolute atomic E-state index is 13.6. The number of phosphoric acid groups is 1. The van der Waals surface area contributed by atoms with Crippen molar-refractivity contribution in [1.82, 2.24) is 5.32 Å². The zero-order chi connectivity index (χ0) is 60.7. The SMILES string of the molecule is CCCCC/C=C\C/C=C\C/C=C\C/C=C\CCCCCCCC(=O)NC(COP(=O)([O-])OCC[N+](C)(C)C)C(/C=C/CCCCCCCCCCCCC)OC(=O)CCCCCCCCCCCCCCCCCCCCCCCCC. The zero-order valence-electron chi connectivity index (χ0n) is 55.7. The molecule has 0 bridgehead atoms. The summed E-state index contributed by atoms with van der Waals surface area (Å²) < 4.78 is 30.5. The fourth-order valence-corrected chi connectivity index (χ4v) is 11.2. The molecule has 0 fully saturated rings. The summed E-state index contributed by atoms with van der Waals surface area (Å²) in [6.45, 7) is 6.85. The summed E-state index contributed by atoms with van der Waals surface area (Å²) >= 11 is 0. The van der Waals surface area contributed by atoms with Crippen LogP contribution in [0.1, 0.15) is 342 Å². The van der Waals surface area contributed by atoms with Crippen LogP contribution in [0, 0.1) is 0 Å². The molecule has 0 aliphatic rings. The second-order valence-corrected chi connectivity index (χ2v) is 26.8. The number of likely N-dealkylation sites (N-methyl/N-ethyl adjacent to an activating group) is 1. The van der Waals surface area contributed by atoms with Gasteiger partial charge in [0, 0.05) is 12.8 Å². The van der Waals surface area contributed by atoms with Gasteiger partial charge in [-0.15, -0.1) is 0 Å². The van der Waals surface area contributed by atoms with E-state index in [2.05, 4.69) is 74.7 Å². The van der Waals surface area contributed by atoms with E-state index in [1.54, 1.807) is 0 Å². The Labute approximate surface area is 515 Å². The summed E-state index contributed by atoms with van der Waals surface area (Å²) in [5, 5.41) is 3.04. The first kappa shape index (κ1) is 80.7. The van der Waals surface area contributed by atoms with Gasteiger partial charge in [-0.25, -0.2) is 0 Å². The smallest absolute Gasteiger partial charge is 0.306 e. The largest absolute Gasteiger partial charge is 0.756 e. The second kappa shape index (κ2) is 62.8. The molecule has 0 aliphatic heterocycles. The Hall–Kier alpha value is -2.29. The third-order valence-electron chi connectivity index (χ3n) is 16.0. The van der Waals surface area contributed by atoms with Gasteiger partial charge in [0.05, 0.1) is 33.8 Å². The first-order valence-corrected chi connectivity index (χ1v) is 37.1. The number of allylic oxidation sites excluding steroid dienone is 9. The van der Waals surface area contributed by atoms with E-state index in [1.165, 1.54) is 212 Å². The highest BCUT2D eigenvalue weighted by atomic mass is 31.2. The Bertz CT molecular complexity index is 1600. The van der Waals surface area contributed by atoms with E-state index in [4.69, 9.17) is 13.8 Å². The standard InChI is InChI=1S/C73H137N2O7P/c1-7-10-13-16-19-22-25-28-30-32-34-36-37-39-41-43-45-48-51-54-57-60-63-66-73(77)82-71(64-61-58-55-52-49-46-27-24-21-18-15-12-9-3)70(69-81-83(78,79)80-68-67-75(4,5)6)74-72(76)65-62-59-56-53-50-47-44-42-40-38-35-33-31-29-26-23-20-17-14-11-8-2/h20,23,29,31,35,38,42,44,61,64,70-71H,7-19,21-22,24-28,30,32-34,36-37,39-41,43,45-60,62-63,65-69H2,1-6H3,(H-,74,76,78,79)/b23-20-,31-29-,38-35-,44-42-,64-61+. The minimum atomic E-state index is -4.71. The van der Waals surface area contributed by atoms with Crippen LogP contribution in [0.2, 0.25) is 0 Å². The summed E-state index contributed by atoms with van der Waals surface area (Å²) in [6, 6.07) is -0.899. The average Bonchev–Trinajstić information content (AvgIpc) is 3.46. The predicted molar refractivity (Wildman–Crippen MR) is 358 cm³/mol. The van der Waals surface area contributed by atoms with E-state index < -0.39 is 26.6 Å². The monoisotopic (exact) mass is 1190 g/mol. The number of carbonyl (C=O) groups excluding carboxylic acids is 2. The van der Waals surface area contributed by atoms with Crippen LogP contribution in [-0.2, 0) is 27.9 Å². The molecule has 0 aromatic heterocycles. The molecule has 9 nitrogen and oxygen atoms in total. The molecule has 3 atom stereocenters. The number of nitrogens with one attached hydrogen (secondary N) is 1. The molecule has 1 N–H and O–H groups in total. The Morgan fingerprint density at radius 2 is 0.735 bits per heavy atom. The van der Waals surface area contributed by atoms with Gasteiger partial charge in [0.1, 0.15) is 19.3 Å². The number of rotatable bonds is 65. The van der Waals surface area contributed by atoms with Crippen LogP contribution in [0.15, 0.2) is 60.8 Å². The van der Waals surface area contributed by atoms with E-state index in [9.17, 15) is 19.0 Å². The van der Waals surface area contributed by atoms with E-state index in [1.807, 2.05) is 33.3 Å². The lowest BCUT2D eigenvalue weighted by Crippen LogP contribution is -2.47. The molecule has 0 aromatic rings. The number of amides is 1. The number of ether oxygens (including phenoxy) is 1. The van der Waals surface area contributed by atoms with E-state index >= 15 is 0 Å². The van der Waals surface area contributed by atoms with Crippen LogP contribution in [0.25, 0.3) is 0 Å². The first-order valence-electron chi connectivity index (χ1n) is 35.6. The van der Waals surface area contributed by atoms with E-state index in [0.717, 1.165) is 96.3 Å². The maximum atomic E-state index is 13.6. The van der Waals surface area contributed by atoms with Crippen molar-refractivity contribution in [1.29, 1.82) is 0 Å². The lowest BCUT2D eigenvalue weighted by molar-refractivity contribution is -0.870. The summed E-state index contributed by atoms with van der Waals surface area (Å²) in [4.78, 5) is 40.2. The lowest BCUT2D eigenvalue weighted by atomic mass is 10.0. The number of carbonyl (C=O) groups is 2. The quantitative estimate of drug-likeness (QED) is 0.0212. The van der Waals surface area contributed by atoms with Crippen LogP contribution in [0.5, 0.6) is 0 Å². The molecule has 83 heavy (non-hydrogen) atoms. The fourth-order valence-electron chi connectivity index (χ4n) is 10.4. The molecule has 486 valence electrons. The van der Waals surface area contributed by atoms with Gasteiger partial charge in [0.25, 0.3) is 7.82 Å². The van der Waals surface area contributed by atoms with Gasteiger partial charge in [-0.1, -0.05) is 313 Å². The number of hydrogen-bond acceptors (Lipinski definition) is 7. The molecule has 1 amide bonds. The minimum Gasteiger partial charge on any atom is -0.756 e. The number of quaternary nitrogens is 1. The molecule has 0 saturated carbocycles.